The summed E-state index contributed by atoms with van der Waals surface area (Å²) in [5.41, 5.74) is 4.84. The Hall–Kier alpha value is -5.49. The molecule has 0 atom stereocenters. The van der Waals surface area contributed by atoms with Crippen molar-refractivity contribution in [3.8, 4) is 34.3 Å². The molecular formula is C53H62O6. The van der Waals surface area contributed by atoms with Crippen molar-refractivity contribution in [2.45, 2.75) is 124 Å². The predicted molar refractivity (Wildman–Crippen MR) is 241 cm³/mol. The van der Waals surface area contributed by atoms with E-state index in [1.807, 2.05) is 128 Å². The molecule has 6 rings (SSSR count). The third-order valence-electron chi connectivity index (χ3n) is 10.7. The van der Waals surface area contributed by atoms with Crippen molar-refractivity contribution >= 4 is 11.0 Å². The highest BCUT2D eigenvalue weighted by Gasteiger charge is 2.23. The van der Waals surface area contributed by atoms with Gasteiger partial charge in [0.1, 0.15) is 36.5 Å². The molecule has 1 aromatic heterocycles. The molecule has 59 heavy (non-hydrogen) atoms. The van der Waals surface area contributed by atoms with Crippen LogP contribution in [0.5, 0.6) is 23.0 Å². The molecule has 0 bridgehead atoms. The quantitative estimate of drug-likeness (QED) is 0.0510. The van der Waals surface area contributed by atoms with Crippen molar-refractivity contribution in [2.75, 3.05) is 6.61 Å². The summed E-state index contributed by atoms with van der Waals surface area (Å²) >= 11 is 0. The van der Waals surface area contributed by atoms with Crippen LogP contribution in [0.4, 0.5) is 0 Å². The van der Waals surface area contributed by atoms with E-state index in [4.69, 9.17) is 23.4 Å². The van der Waals surface area contributed by atoms with Crippen LogP contribution >= 0.6 is 0 Å². The lowest BCUT2D eigenvalue weighted by Gasteiger charge is -2.17. The first-order valence-electron chi connectivity index (χ1n) is 22.0. The third-order valence-corrected chi connectivity index (χ3v) is 10.7. The fourth-order valence-electron chi connectivity index (χ4n) is 7.39. The number of ether oxygens (including phenoxy) is 4. The first kappa shape index (κ1) is 43.1. The molecule has 0 aliphatic rings. The molecule has 0 unspecified atom stereocenters. The van der Waals surface area contributed by atoms with E-state index < -0.39 is 0 Å². The van der Waals surface area contributed by atoms with E-state index >= 15 is 0 Å². The summed E-state index contributed by atoms with van der Waals surface area (Å²) in [4.78, 5) is 14.6. The van der Waals surface area contributed by atoms with Gasteiger partial charge in [0, 0.05) is 5.56 Å². The smallest absolute Gasteiger partial charge is 0.239 e. The molecule has 0 N–H and O–H groups in total. The standard InChI is InChI=1S/C53H62O6/c1-3-4-5-6-7-8-9-10-11-12-13-14-15-25-34-55-53-51(54)50-48(58-40-44-30-23-18-24-31-44)35-41(2)36-49(50)59-52(53)45-32-33-46(56-38-42-26-19-16-20-27-42)47(37-45)57-39-43-28-21-17-22-29-43/h16-24,26-33,35-37H,3-15,25,34,38-40H2,1-2H3. The van der Waals surface area contributed by atoms with Crippen LogP contribution in [0, 0.1) is 6.92 Å². The van der Waals surface area contributed by atoms with E-state index in [1.54, 1.807) is 0 Å². The number of rotatable bonds is 26. The van der Waals surface area contributed by atoms with Gasteiger partial charge in [-0.05, 0) is 65.9 Å². The molecular weight excluding hydrogens is 733 g/mol. The third kappa shape index (κ3) is 13.5. The van der Waals surface area contributed by atoms with Gasteiger partial charge in [0.2, 0.25) is 11.2 Å². The Morgan fingerprint density at radius 1 is 0.475 bits per heavy atom. The summed E-state index contributed by atoms with van der Waals surface area (Å²) in [5.74, 6) is 2.13. The summed E-state index contributed by atoms with van der Waals surface area (Å²) in [6.07, 6.45) is 17.8. The number of aryl methyl sites for hydroxylation is 1. The average Bonchev–Trinajstić information content (AvgIpc) is 3.27. The number of benzene rings is 5. The molecule has 1 heterocycles. The van der Waals surface area contributed by atoms with Gasteiger partial charge in [0.25, 0.3) is 0 Å². The van der Waals surface area contributed by atoms with Crippen molar-refractivity contribution in [3.63, 3.8) is 0 Å². The second-order valence-electron chi connectivity index (χ2n) is 15.7. The molecule has 0 spiro atoms. The second-order valence-corrected chi connectivity index (χ2v) is 15.7. The van der Waals surface area contributed by atoms with E-state index in [1.165, 1.54) is 70.6 Å². The van der Waals surface area contributed by atoms with Crippen LogP contribution in [-0.2, 0) is 19.8 Å². The van der Waals surface area contributed by atoms with Gasteiger partial charge in [-0.25, -0.2) is 0 Å². The van der Waals surface area contributed by atoms with Gasteiger partial charge in [-0.2, -0.15) is 0 Å². The molecule has 5 aromatic carbocycles. The molecule has 0 saturated carbocycles. The molecule has 0 saturated heterocycles. The van der Waals surface area contributed by atoms with Crippen molar-refractivity contribution in [1.82, 2.24) is 0 Å². The molecule has 0 fully saturated rings. The Balaban J connectivity index is 1.21. The van der Waals surface area contributed by atoms with Crippen LogP contribution in [0.25, 0.3) is 22.3 Å². The molecule has 0 amide bonds. The highest BCUT2D eigenvalue weighted by atomic mass is 16.5. The highest BCUT2D eigenvalue weighted by Crippen LogP contribution is 2.39. The highest BCUT2D eigenvalue weighted by molar-refractivity contribution is 5.88. The fourth-order valence-corrected chi connectivity index (χ4v) is 7.39. The van der Waals surface area contributed by atoms with Crippen LogP contribution in [0.3, 0.4) is 0 Å². The topological polar surface area (TPSA) is 67.1 Å². The van der Waals surface area contributed by atoms with Gasteiger partial charge < -0.3 is 23.4 Å². The Bertz CT molecular complexity index is 2180. The molecule has 0 radical (unpaired) electrons. The zero-order chi connectivity index (χ0) is 40.9. The molecule has 0 aliphatic heterocycles. The van der Waals surface area contributed by atoms with Gasteiger partial charge in [0.15, 0.2) is 17.3 Å². The van der Waals surface area contributed by atoms with E-state index in [-0.39, 0.29) is 11.2 Å². The predicted octanol–water partition coefficient (Wildman–Crippen LogP) is 14.4. The molecule has 310 valence electrons. The van der Waals surface area contributed by atoms with E-state index in [9.17, 15) is 4.79 Å². The Morgan fingerprint density at radius 3 is 1.47 bits per heavy atom. The lowest BCUT2D eigenvalue weighted by molar-refractivity contribution is 0.256. The summed E-state index contributed by atoms with van der Waals surface area (Å²) in [5, 5.41) is 0.370. The first-order valence-corrected chi connectivity index (χ1v) is 22.0. The van der Waals surface area contributed by atoms with E-state index in [2.05, 4.69) is 6.92 Å². The summed E-state index contributed by atoms with van der Waals surface area (Å²) in [7, 11) is 0. The van der Waals surface area contributed by atoms with Gasteiger partial charge in [-0.3, -0.25) is 4.79 Å². The van der Waals surface area contributed by atoms with Gasteiger partial charge in [-0.1, -0.05) is 181 Å². The Labute approximate surface area is 351 Å². The summed E-state index contributed by atoms with van der Waals surface area (Å²) in [6, 6.07) is 39.5. The monoisotopic (exact) mass is 794 g/mol. The number of hydrogen-bond acceptors (Lipinski definition) is 6. The minimum Gasteiger partial charge on any atom is -0.488 e. The summed E-state index contributed by atoms with van der Waals surface area (Å²) in [6.45, 7) is 5.70. The molecule has 6 nitrogen and oxygen atoms in total. The SMILES string of the molecule is CCCCCCCCCCCCCCCCOc1c(-c2ccc(OCc3ccccc3)c(OCc3ccccc3)c2)oc2cc(C)cc(OCc3ccccc3)c2c1=O. The molecule has 6 aromatic rings. The minimum absolute atomic E-state index is 0.174. The largest absolute Gasteiger partial charge is 0.488 e. The normalized spacial score (nSPS) is 11.2. The van der Waals surface area contributed by atoms with Crippen molar-refractivity contribution in [2.24, 2.45) is 0 Å². The number of hydrogen-bond donors (Lipinski definition) is 0. The Morgan fingerprint density at radius 2 is 0.949 bits per heavy atom. The van der Waals surface area contributed by atoms with Gasteiger partial charge in [-0.15, -0.1) is 0 Å². The van der Waals surface area contributed by atoms with Crippen molar-refractivity contribution in [1.29, 1.82) is 0 Å². The van der Waals surface area contributed by atoms with Crippen LogP contribution in [-0.4, -0.2) is 6.61 Å². The minimum atomic E-state index is -0.258. The fraction of sp³-hybridized carbons (Fsp3) is 0.377. The van der Waals surface area contributed by atoms with E-state index in [0.717, 1.165) is 41.5 Å². The average molecular weight is 795 g/mol. The zero-order valence-corrected chi connectivity index (χ0v) is 35.2. The van der Waals surface area contributed by atoms with Crippen LogP contribution in [0.1, 0.15) is 119 Å². The van der Waals surface area contributed by atoms with Crippen LogP contribution < -0.4 is 24.4 Å². The van der Waals surface area contributed by atoms with Crippen LogP contribution in [0.2, 0.25) is 0 Å². The zero-order valence-electron chi connectivity index (χ0n) is 35.2. The lowest BCUT2D eigenvalue weighted by atomic mass is 10.0. The van der Waals surface area contributed by atoms with Gasteiger partial charge >= 0.3 is 0 Å². The van der Waals surface area contributed by atoms with E-state index in [0.29, 0.717) is 66.0 Å². The maximum atomic E-state index is 14.6. The maximum absolute atomic E-state index is 14.6. The van der Waals surface area contributed by atoms with Crippen molar-refractivity contribution in [3.05, 3.63) is 154 Å². The lowest BCUT2D eigenvalue weighted by Crippen LogP contribution is -2.13. The second kappa shape index (κ2) is 23.8. The summed E-state index contributed by atoms with van der Waals surface area (Å²) < 4.78 is 32.2. The van der Waals surface area contributed by atoms with Crippen LogP contribution in [0.15, 0.2) is 131 Å². The molecule has 6 heteroatoms. The number of unbranched alkanes of at least 4 members (excludes halogenated alkanes) is 13. The first-order chi connectivity index (χ1) is 29.1. The molecule has 0 aliphatic carbocycles. The Kier molecular flexibility index (Phi) is 17.4. The van der Waals surface area contributed by atoms with Gasteiger partial charge in [0.05, 0.1) is 6.61 Å². The number of fused-ring (bicyclic) bond motifs is 1. The maximum Gasteiger partial charge on any atom is 0.239 e. The van der Waals surface area contributed by atoms with Crippen molar-refractivity contribution < 1.29 is 23.4 Å².